The molecule has 0 fully saturated rings. The zero-order valence-corrected chi connectivity index (χ0v) is 13.1. The second-order valence-electron chi connectivity index (χ2n) is 4.95. The van der Waals surface area contributed by atoms with Crippen LogP contribution in [0.25, 0.3) is 11.1 Å². The number of nitrogens with zero attached hydrogens (tertiary/aromatic N) is 3. The second kappa shape index (κ2) is 6.54. The van der Waals surface area contributed by atoms with E-state index in [1.807, 2.05) is 25.1 Å². The van der Waals surface area contributed by atoms with Crippen molar-refractivity contribution in [3.8, 4) is 11.1 Å². The molecule has 1 N–H and O–H groups in total. The first kappa shape index (κ1) is 15.1. The average Bonchev–Trinajstić information content (AvgIpc) is 2.55. The maximum absolute atomic E-state index is 12.4. The van der Waals surface area contributed by atoms with Gasteiger partial charge in [-0.05, 0) is 42.8 Å². The lowest BCUT2D eigenvalue weighted by atomic mass is 10.1. The van der Waals surface area contributed by atoms with Crippen molar-refractivity contribution in [3.63, 3.8) is 0 Å². The molecule has 0 aliphatic carbocycles. The molecular weight excluding hydrogens is 312 g/mol. The monoisotopic (exact) mass is 324 g/mol. The van der Waals surface area contributed by atoms with E-state index >= 15 is 0 Å². The van der Waals surface area contributed by atoms with Crippen molar-refractivity contribution in [3.05, 3.63) is 71.5 Å². The number of carbonyl (C=O) groups is 1. The van der Waals surface area contributed by atoms with Gasteiger partial charge in [-0.2, -0.15) is 0 Å². The molecule has 1 amide bonds. The molecule has 0 saturated heterocycles. The number of amides is 1. The smallest absolute Gasteiger partial charge is 0.274 e. The van der Waals surface area contributed by atoms with Crippen LogP contribution in [0.2, 0.25) is 5.15 Å². The third-order valence-electron chi connectivity index (χ3n) is 3.17. The standard InChI is InChI=1S/C17H13ClN4O/c1-11-7-13(12-3-2-5-19-10-12)8-15(21-11)17(23)22-14-4-6-20-16(18)9-14/h2-10H,1H3,(H,20,22,23). The number of hydrogen-bond acceptors (Lipinski definition) is 4. The zero-order valence-electron chi connectivity index (χ0n) is 12.3. The van der Waals surface area contributed by atoms with Crippen LogP contribution >= 0.6 is 11.6 Å². The summed E-state index contributed by atoms with van der Waals surface area (Å²) in [5.41, 5.74) is 3.48. The van der Waals surface area contributed by atoms with E-state index in [4.69, 9.17) is 11.6 Å². The fourth-order valence-electron chi connectivity index (χ4n) is 2.16. The molecule has 3 aromatic heterocycles. The van der Waals surface area contributed by atoms with Crippen molar-refractivity contribution in [2.24, 2.45) is 0 Å². The molecule has 0 aliphatic heterocycles. The Hall–Kier alpha value is -2.79. The van der Waals surface area contributed by atoms with Gasteiger partial charge < -0.3 is 5.32 Å². The first-order valence-electron chi connectivity index (χ1n) is 6.94. The number of rotatable bonds is 3. The van der Waals surface area contributed by atoms with Crippen molar-refractivity contribution >= 4 is 23.2 Å². The summed E-state index contributed by atoms with van der Waals surface area (Å²) in [5, 5.41) is 3.08. The first-order valence-corrected chi connectivity index (χ1v) is 7.31. The van der Waals surface area contributed by atoms with Crippen LogP contribution in [0.4, 0.5) is 5.69 Å². The Balaban J connectivity index is 1.90. The SMILES string of the molecule is Cc1cc(-c2cccnc2)cc(C(=O)Nc2ccnc(Cl)c2)n1. The Morgan fingerprint density at radius 1 is 1.13 bits per heavy atom. The Kier molecular flexibility index (Phi) is 4.30. The van der Waals surface area contributed by atoms with E-state index in [9.17, 15) is 4.79 Å². The topological polar surface area (TPSA) is 67.8 Å². The molecule has 3 aromatic rings. The van der Waals surface area contributed by atoms with E-state index < -0.39 is 0 Å². The number of carbonyl (C=O) groups excluding carboxylic acids is 1. The molecule has 114 valence electrons. The molecule has 0 aromatic carbocycles. The molecule has 0 spiro atoms. The quantitative estimate of drug-likeness (QED) is 0.745. The lowest BCUT2D eigenvalue weighted by molar-refractivity contribution is 0.102. The second-order valence-corrected chi connectivity index (χ2v) is 5.33. The summed E-state index contributed by atoms with van der Waals surface area (Å²) in [6.45, 7) is 1.85. The summed E-state index contributed by atoms with van der Waals surface area (Å²) >= 11 is 5.82. The van der Waals surface area contributed by atoms with E-state index in [1.54, 1.807) is 30.6 Å². The summed E-state index contributed by atoms with van der Waals surface area (Å²) in [5.74, 6) is -0.305. The lowest BCUT2D eigenvalue weighted by Crippen LogP contribution is -2.14. The number of pyridine rings is 3. The van der Waals surface area contributed by atoms with Gasteiger partial charge in [0.1, 0.15) is 10.8 Å². The fourth-order valence-corrected chi connectivity index (χ4v) is 2.33. The molecule has 0 bridgehead atoms. The highest BCUT2D eigenvalue weighted by atomic mass is 35.5. The first-order chi connectivity index (χ1) is 11.1. The molecular formula is C17H13ClN4O. The highest BCUT2D eigenvalue weighted by Crippen LogP contribution is 2.20. The van der Waals surface area contributed by atoms with Gasteiger partial charge in [0.2, 0.25) is 0 Å². The Bertz CT molecular complexity index is 852. The molecule has 23 heavy (non-hydrogen) atoms. The number of anilines is 1. The van der Waals surface area contributed by atoms with E-state index in [0.717, 1.165) is 16.8 Å². The van der Waals surface area contributed by atoms with Gasteiger partial charge in [-0.3, -0.25) is 9.78 Å². The molecule has 3 rings (SSSR count). The minimum Gasteiger partial charge on any atom is -0.320 e. The molecule has 3 heterocycles. The minimum absolute atomic E-state index is 0.305. The largest absolute Gasteiger partial charge is 0.320 e. The van der Waals surface area contributed by atoms with Crippen molar-refractivity contribution in [2.45, 2.75) is 6.92 Å². The van der Waals surface area contributed by atoms with E-state index in [1.165, 1.54) is 6.20 Å². The number of aryl methyl sites for hydroxylation is 1. The van der Waals surface area contributed by atoms with Crippen molar-refractivity contribution < 1.29 is 4.79 Å². The predicted molar refractivity (Wildman–Crippen MR) is 89.4 cm³/mol. The maximum Gasteiger partial charge on any atom is 0.274 e. The van der Waals surface area contributed by atoms with E-state index in [2.05, 4.69) is 20.3 Å². The third kappa shape index (κ3) is 3.70. The van der Waals surface area contributed by atoms with Gasteiger partial charge in [-0.25, -0.2) is 9.97 Å². The van der Waals surface area contributed by atoms with E-state index in [0.29, 0.717) is 16.5 Å². The van der Waals surface area contributed by atoms with Crippen LogP contribution in [0, 0.1) is 6.92 Å². The zero-order chi connectivity index (χ0) is 16.2. The van der Waals surface area contributed by atoms with Gasteiger partial charge >= 0.3 is 0 Å². The highest BCUT2D eigenvalue weighted by molar-refractivity contribution is 6.29. The molecule has 5 nitrogen and oxygen atoms in total. The van der Waals surface area contributed by atoms with Crippen LogP contribution in [0.15, 0.2) is 55.0 Å². The summed E-state index contributed by atoms with van der Waals surface area (Å²) in [6, 6.07) is 10.7. The fraction of sp³-hybridized carbons (Fsp3) is 0.0588. The average molecular weight is 325 g/mol. The van der Waals surface area contributed by atoms with Crippen LogP contribution in [0.3, 0.4) is 0 Å². The highest BCUT2D eigenvalue weighted by Gasteiger charge is 2.11. The maximum atomic E-state index is 12.4. The number of nitrogens with one attached hydrogen (secondary N) is 1. The Morgan fingerprint density at radius 2 is 2.00 bits per heavy atom. The van der Waals surface area contributed by atoms with Crippen LogP contribution in [0.5, 0.6) is 0 Å². The van der Waals surface area contributed by atoms with Gasteiger partial charge in [-0.15, -0.1) is 0 Å². The Labute approximate surface area is 138 Å². The summed E-state index contributed by atoms with van der Waals surface area (Å²) in [4.78, 5) is 24.7. The minimum atomic E-state index is -0.305. The Morgan fingerprint density at radius 3 is 2.74 bits per heavy atom. The number of halogens is 1. The molecule has 6 heteroatoms. The molecule has 0 saturated carbocycles. The van der Waals surface area contributed by atoms with Gasteiger partial charge in [0.05, 0.1) is 0 Å². The predicted octanol–water partition coefficient (Wildman–Crippen LogP) is 3.75. The summed E-state index contributed by atoms with van der Waals surface area (Å²) in [6.07, 6.45) is 4.99. The van der Waals surface area contributed by atoms with Crippen molar-refractivity contribution in [1.82, 2.24) is 15.0 Å². The van der Waals surface area contributed by atoms with Crippen molar-refractivity contribution in [1.29, 1.82) is 0 Å². The van der Waals surface area contributed by atoms with Crippen LogP contribution in [0.1, 0.15) is 16.2 Å². The van der Waals surface area contributed by atoms with E-state index in [-0.39, 0.29) is 5.91 Å². The lowest BCUT2D eigenvalue weighted by Gasteiger charge is -2.08. The van der Waals surface area contributed by atoms with Gasteiger partial charge in [-0.1, -0.05) is 17.7 Å². The molecule has 0 aliphatic rings. The molecule has 0 atom stereocenters. The van der Waals surface area contributed by atoms with Crippen LogP contribution < -0.4 is 5.32 Å². The van der Waals surface area contributed by atoms with Gasteiger partial charge in [0.15, 0.2) is 0 Å². The number of hydrogen-bond donors (Lipinski definition) is 1. The van der Waals surface area contributed by atoms with Crippen LogP contribution in [-0.2, 0) is 0 Å². The number of aromatic nitrogens is 3. The summed E-state index contributed by atoms with van der Waals surface area (Å²) in [7, 11) is 0. The normalized spacial score (nSPS) is 10.3. The third-order valence-corrected chi connectivity index (χ3v) is 3.37. The van der Waals surface area contributed by atoms with Gasteiger partial charge in [0.25, 0.3) is 5.91 Å². The van der Waals surface area contributed by atoms with Crippen LogP contribution in [-0.4, -0.2) is 20.9 Å². The molecule has 0 unspecified atom stereocenters. The van der Waals surface area contributed by atoms with Crippen molar-refractivity contribution in [2.75, 3.05) is 5.32 Å². The molecule has 0 radical (unpaired) electrons. The summed E-state index contributed by atoms with van der Waals surface area (Å²) < 4.78 is 0. The van der Waals surface area contributed by atoms with Gasteiger partial charge in [0, 0.05) is 35.5 Å².